The highest BCUT2D eigenvalue weighted by molar-refractivity contribution is 5.79. The van der Waals surface area contributed by atoms with Crippen LogP contribution in [-0.4, -0.2) is 40.7 Å². The molecule has 1 amide bonds. The van der Waals surface area contributed by atoms with Crippen LogP contribution < -0.4 is 11.1 Å². The summed E-state index contributed by atoms with van der Waals surface area (Å²) in [5, 5.41) is 33.0. The Balaban J connectivity index is 1.29. The molecule has 1 aliphatic rings. The van der Waals surface area contributed by atoms with E-state index in [1.165, 1.54) is 18.2 Å². The lowest BCUT2D eigenvalue weighted by Crippen LogP contribution is -2.30. The van der Waals surface area contributed by atoms with Gasteiger partial charge in [-0.1, -0.05) is 48.5 Å². The van der Waals surface area contributed by atoms with Crippen LogP contribution in [0.4, 0.5) is 10.5 Å². The quantitative estimate of drug-likeness (QED) is 0.287. The van der Waals surface area contributed by atoms with Crippen LogP contribution in [0.25, 0.3) is 11.1 Å². The molecule has 0 spiro atoms. The second kappa shape index (κ2) is 9.30. The minimum absolute atomic E-state index is 0.0351. The molecule has 0 radical (unpaired) electrons. The molecule has 32 heavy (non-hydrogen) atoms. The van der Waals surface area contributed by atoms with Crippen molar-refractivity contribution < 1.29 is 24.9 Å². The number of rotatable bonds is 7. The Kier molecular flexibility index (Phi) is 6.30. The van der Waals surface area contributed by atoms with Crippen LogP contribution in [0.3, 0.4) is 0 Å². The molecular formula is C25H26N2O5. The first-order valence-electron chi connectivity index (χ1n) is 10.5. The van der Waals surface area contributed by atoms with E-state index in [4.69, 9.17) is 10.5 Å². The molecule has 0 saturated heterocycles. The molecule has 166 valence electrons. The number of benzene rings is 3. The fourth-order valence-electron chi connectivity index (χ4n) is 4.15. The summed E-state index contributed by atoms with van der Waals surface area (Å²) in [6, 6.07) is 20.4. The molecule has 4 rings (SSSR count). The first kappa shape index (κ1) is 21.7. The van der Waals surface area contributed by atoms with E-state index in [2.05, 4.69) is 17.4 Å². The highest BCUT2D eigenvalue weighted by Gasteiger charge is 2.29. The monoisotopic (exact) mass is 434 g/mol. The van der Waals surface area contributed by atoms with Crippen molar-refractivity contribution in [1.82, 2.24) is 5.32 Å². The number of fused-ring (bicyclic) bond motifs is 3. The Morgan fingerprint density at radius 2 is 1.62 bits per heavy atom. The number of anilines is 1. The van der Waals surface area contributed by atoms with Gasteiger partial charge in [-0.05, 0) is 46.9 Å². The summed E-state index contributed by atoms with van der Waals surface area (Å²) in [6.07, 6.45) is -3.06. The van der Waals surface area contributed by atoms with Gasteiger partial charge in [0, 0.05) is 23.7 Å². The molecule has 0 fully saturated rings. The molecule has 0 bridgehead atoms. The molecule has 6 N–H and O–H groups in total. The van der Waals surface area contributed by atoms with Gasteiger partial charge in [0.05, 0.1) is 6.10 Å². The van der Waals surface area contributed by atoms with E-state index >= 15 is 0 Å². The Hall–Kier alpha value is -3.55. The maximum absolute atomic E-state index is 12.2. The summed E-state index contributed by atoms with van der Waals surface area (Å²) in [6.45, 7) is 0.292. The fourth-order valence-corrected chi connectivity index (χ4v) is 4.15. The van der Waals surface area contributed by atoms with Gasteiger partial charge in [0.2, 0.25) is 0 Å². The maximum atomic E-state index is 12.2. The lowest BCUT2D eigenvalue weighted by atomic mass is 9.98. The zero-order valence-corrected chi connectivity index (χ0v) is 17.4. The summed E-state index contributed by atoms with van der Waals surface area (Å²) in [7, 11) is 0. The Morgan fingerprint density at radius 3 is 2.28 bits per heavy atom. The number of carbonyl (C=O) groups excluding carboxylic acids is 1. The smallest absolute Gasteiger partial charge is 0.407 e. The van der Waals surface area contributed by atoms with Crippen LogP contribution in [0, 0.1) is 0 Å². The van der Waals surface area contributed by atoms with E-state index in [-0.39, 0.29) is 36.8 Å². The maximum Gasteiger partial charge on any atom is 0.407 e. The van der Waals surface area contributed by atoms with Crippen LogP contribution >= 0.6 is 0 Å². The number of carbonyl (C=O) groups is 1. The van der Waals surface area contributed by atoms with Gasteiger partial charge >= 0.3 is 6.09 Å². The van der Waals surface area contributed by atoms with Crippen LogP contribution in [0.15, 0.2) is 66.7 Å². The van der Waals surface area contributed by atoms with E-state index in [9.17, 15) is 20.1 Å². The Bertz CT molecular complexity index is 1070. The number of aromatic hydroxyl groups is 1. The van der Waals surface area contributed by atoms with Crippen molar-refractivity contribution in [2.24, 2.45) is 0 Å². The van der Waals surface area contributed by atoms with Gasteiger partial charge in [-0.2, -0.15) is 0 Å². The number of amides is 1. The summed E-state index contributed by atoms with van der Waals surface area (Å²) in [4.78, 5) is 12.2. The van der Waals surface area contributed by atoms with E-state index in [1.54, 1.807) is 0 Å². The van der Waals surface area contributed by atoms with Gasteiger partial charge in [-0.25, -0.2) is 4.79 Å². The molecule has 7 nitrogen and oxygen atoms in total. The highest BCUT2D eigenvalue weighted by Crippen LogP contribution is 2.44. The number of aliphatic hydroxyl groups excluding tert-OH is 2. The fraction of sp³-hybridized carbons (Fsp3) is 0.240. The largest absolute Gasteiger partial charge is 0.508 e. The second-order valence-electron chi connectivity index (χ2n) is 7.87. The average molecular weight is 434 g/mol. The van der Waals surface area contributed by atoms with E-state index < -0.39 is 18.3 Å². The molecule has 2 unspecified atom stereocenters. The van der Waals surface area contributed by atoms with Crippen LogP contribution in [0.5, 0.6) is 5.75 Å². The summed E-state index contributed by atoms with van der Waals surface area (Å²) < 4.78 is 5.45. The lowest BCUT2D eigenvalue weighted by molar-refractivity contribution is 0.0124. The normalized spacial score (nSPS) is 14.3. The standard InChI is InChI=1S/C25H26N2O5/c26-15-9-10-22(28)20(13-15)24(30)23(29)11-12-27-25(31)32-14-21-18-7-3-1-5-16(18)17-6-2-4-8-19(17)21/h1-10,13,21,23-24,28-30H,11-12,14,26H2,(H,27,31). The molecule has 1 aliphatic carbocycles. The predicted octanol–water partition coefficient (Wildman–Crippen LogP) is 3.30. The molecule has 3 aromatic carbocycles. The summed E-state index contributed by atoms with van der Waals surface area (Å²) >= 11 is 0. The summed E-state index contributed by atoms with van der Waals surface area (Å²) in [5.41, 5.74) is 10.7. The molecule has 0 aromatic heterocycles. The molecule has 0 heterocycles. The van der Waals surface area contributed by atoms with Crippen LogP contribution in [0.1, 0.15) is 35.1 Å². The third-order valence-electron chi connectivity index (χ3n) is 5.79. The molecule has 0 aliphatic heterocycles. The minimum Gasteiger partial charge on any atom is -0.508 e. The number of phenols is 1. The number of hydrogen-bond donors (Lipinski definition) is 5. The van der Waals surface area contributed by atoms with Crippen molar-refractivity contribution in [1.29, 1.82) is 0 Å². The van der Waals surface area contributed by atoms with Crippen molar-refractivity contribution in [2.75, 3.05) is 18.9 Å². The minimum atomic E-state index is -1.33. The molecule has 0 saturated carbocycles. The number of hydrogen-bond acceptors (Lipinski definition) is 6. The first-order chi connectivity index (χ1) is 15.5. The van der Waals surface area contributed by atoms with E-state index in [0.29, 0.717) is 5.69 Å². The van der Waals surface area contributed by atoms with Crippen molar-refractivity contribution in [3.05, 3.63) is 83.4 Å². The van der Waals surface area contributed by atoms with Crippen molar-refractivity contribution in [2.45, 2.75) is 24.5 Å². The zero-order chi connectivity index (χ0) is 22.7. The number of nitrogens with two attached hydrogens (primary N) is 1. The van der Waals surface area contributed by atoms with Gasteiger partial charge in [0.25, 0.3) is 0 Å². The van der Waals surface area contributed by atoms with Gasteiger partial charge in [-0.15, -0.1) is 0 Å². The van der Waals surface area contributed by atoms with E-state index in [1.807, 2.05) is 36.4 Å². The van der Waals surface area contributed by atoms with Gasteiger partial charge in [0.15, 0.2) is 0 Å². The SMILES string of the molecule is Nc1ccc(O)c(C(O)C(O)CCNC(=O)OCC2c3ccccc3-c3ccccc32)c1. The molecular weight excluding hydrogens is 408 g/mol. The predicted molar refractivity (Wildman–Crippen MR) is 121 cm³/mol. The van der Waals surface area contributed by atoms with Crippen molar-refractivity contribution in [3.63, 3.8) is 0 Å². The van der Waals surface area contributed by atoms with Crippen LogP contribution in [-0.2, 0) is 4.74 Å². The number of ether oxygens (including phenoxy) is 1. The lowest BCUT2D eigenvalue weighted by Gasteiger charge is -2.20. The van der Waals surface area contributed by atoms with Gasteiger partial charge < -0.3 is 31.1 Å². The number of nitrogens with one attached hydrogen (secondary N) is 1. The number of alkyl carbamates (subject to hydrolysis) is 1. The number of phenolic OH excluding ortho intramolecular Hbond substituents is 1. The van der Waals surface area contributed by atoms with Crippen molar-refractivity contribution in [3.8, 4) is 16.9 Å². The molecule has 3 aromatic rings. The number of aliphatic hydroxyl groups is 2. The highest BCUT2D eigenvalue weighted by atomic mass is 16.5. The van der Waals surface area contributed by atoms with Gasteiger partial charge in [-0.3, -0.25) is 0 Å². The van der Waals surface area contributed by atoms with Crippen molar-refractivity contribution >= 4 is 11.8 Å². The molecule has 2 atom stereocenters. The first-order valence-corrected chi connectivity index (χ1v) is 10.5. The summed E-state index contributed by atoms with van der Waals surface area (Å²) in [5.74, 6) is -0.192. The van der Waals surface area contributed by atoms with Gasteiger partial charge in [0.1, 0.15) is 18.5 Å². The third kappa shape index (κ3) is 4.39. The Morgan fingerprint density at radius 1 is 1.00 bits per heavy atom. The second-order valence-corrected chi connectivity index (χ2v) is 7.87. The van der Waals surface area contributed by atoms with E-state index in [0.717, 1.165) is 22.3 Å². The zero-order valence-electron chi connectivity index (χ0n) is 17.4. The number of nitrogen functional groups attached to an aromatic ring is 1. The molecule has 7 heteroatoms. The average Bonchev–Trinajstić information content (AvgIpc) is 3.12. The van der Waals surface area contributed by atoms with Crippen LogP contribution in [0.2, 0.25) is 0 Å². The Labute approximate surface area is 186 Å². The topological polar surface area (TPSA) is 125 Å². The third-order valence-corrected chi connectivity index (χ3v) is 5.79.